The first-order valence-corrected chi connectivity index (χ1v) is 7.24. The second kappa shape index (κ2) is 5.68. The number of benzene rings is 1. The second-order valence-electron chi connectivity index (χ2n) is 5.43. The Morgan fingerprint density at radius 1 is 1.19 bits per heavy atom. The third kappa shape index (κ3) is 2.68. The highest BCUT2D eigenvalue weighted by molar-refractivity contribution is 5.36. The number of nitrogens with zero attached hydrogens (tertiary/aromatic N) is 2. The van der Waals surface area contributed by atoms with Gasteiger partial charge in [0.25, 0.3) is 5.56 Å². The fraction of sp³-hybridized carbons (Fsp3) is 0.375. The summed E-state index contributed by atoms with van der Waals surface area (Å²) < 4.78 is 15.3. The fourth-order valence-corrected chi connectivity index (χ4v) is 3.00. The third-order valence-corrected chi connectivity index (χ3v) is 3.99. The standard InChI is InChI=1S/C16H17FN2O2/c17-12-8-4-5-9-13(12)19-15(21)10-14(20)18-16(19)11-6-2-1-3-7-11/h4-5,8-11,20H,1-3,6-7H2. The molecule has 0 radical (unpaired) electrons. The number of aromatic hydroxyl groups is 1. The predicted molar refractivity (Wildman–Crippen MR) is 77.3 cm³/mol. The largest absolute Gasteiger partial charge is 0.493 e. The molecule has 0 spiro atoms. The van der Waals surface area contributed by atoms with E-state index in [-0.39, 0.29) is 17.5 Å². The molecule has 0 amide bonds. The Kier molecular flexibility index (Phi) is 3.73. The summed E-state index contributed by atoms with van der Waals surface area (Å²) in [5.74, 6) is -0.222. The lowest BCUT2D eigenvalue weighted by atomic mass is 9.88. The van der Waals surface area contributed by atoms with E-state index in [9.17, 15) is 14.3 Å². The van der Waals surface area contributed by atoms with Crippen LogP contribution in [0.25, 0.3) is 5.69 Å². The summed E-state index contributed by atoms with van der Waals surface area (Å²) in [6, 6.07) is 7.17. The van der Waals surface area contributed by atoms with Gasteiger partial charge in [0.1, 0.15) is 11.6 Å². The van der Waals surface area contributed by atoms with Crippen LogP contribution in [0.2, 0.25) is 0 Å². The molecule has 110 valence electrons. The van der Waals surface area contributed by atoms with Crippen molar-refractivity contribution in [1.29, 1.82) is 0 Å². The minimum Gasteiger partial charge on any atom is -0.493 e. The number of aromatic nitrogens is 2. The Morgan fingerprint density at radius 2 is 1.90 bits per heavy atom. The van der Waals surface area contributed by atoms with Crippen LogP contribution in [0.1, 0.15) is 43.8 Å². The van der Waals surface area contributed by atoms with E-state index >= 15 is 0 Å². The van der Waals surface area contributed by atoms with E-state index in [0.717, 1.165) is 31.7 Å². The van der Waals surface area contributed by atoms with Crippen molar-refractivity contribution >= 4 is 0 Å². The maximum atomic E-state index is 14.1. The third-order valence-electron chi connectivity index (χ3n) is 3.99. The molecule has 0 atom stereocenters. The molecule has 4 nitrogen and oxygen atoms in total. The number of para-hydroxylation sites is 1. The van der Waals surface area contributed by atoms with Crippen molar-refractivity contribution in [3.05, 3.63) is 52.3 Å². The summed E-state index contributed by atoms with van der Waals surface area (Å²) in [5, 5.41) is 9.65. The molecule has 2 aromatic rings. The van der Waals surface area contributed by atoms with Gasteiger partial charge in [-0.25, -0.2) is 4.39 Å². The summed E-state index contributed by atoms with van der Waals surface area (Å²) in [5.41, 5.74) is -0.260. The number of hydrogen-bond donors (Lipinski definition) is 1. The molecule has 0 aliphatic heterocycles. The van der Waals surface area contributed by atoms with E-state index in [2.05, 4.69) is 4.98 Å². The van der Waals surface area contributed by atoms with Gasteiger partial charge >= 0.3 is 0 Å². The van der Waals surface area contributed by atoms with Gasteiger partial charge in [0, 0.05) is 5.92 Å². The highest BCUT2D eigenvalue weighted by Gasteiger charge is 2.23. The monoisotopic (exact) mass is 288 g/mol. The average Bonchev–Trinajstić information content (AvgIpc) is 2.49. The van der Waals surface area contributed by atoms with E-state index < -0.39 is 11.4 Å². The van der Waals surface area contributed by atoms with Crippen LogP contribution < -0.4 is 5.56 Å². The van der Waals surface area contributed by atoms with E-state index in [4.69, 9.17) is 0 Å². The number of hydrogen-bond acceptors (Lipinski definition) is 3. The van der Waals surface area contributed by atoms with Gasteiger partial charge in [0.15, 0.2) is 0 Å². The van der Waals surface area contributed by atoms with Crippen LogP contribution in [0.5, 0.6) is 5.88 Å². The van der Waals surface area contributed by atoms with Gasteiger partial charge in [-0.3, -0.25) is 9.36 Å². The zero-order chi connectivity index (χ0) is 14.8. The zero-order valence-corrected chi connectivity index (χ0v) is 11.6. The predicted octanol–water partition coefficient (Wildman–Crippen LogP) is 3.12. The van der Waals surface area contributed by atoms with Gasteiger partial charge in [-0.05, 0) is 25.0 Å². The molecule has 0 bridgehead atoms. The first-order chi connectivity index (χ1) is 10.2. The van der Waals surface area contributed by atoms with Crippen molar-refractivity contribution in [2.75, 3.05) is 0 Å². The number of rotatable bonds is 2. The molecule has 1 aliphatic rings. The Labute approximate surface area is 121 Å². The lowest BCUT2D eigenvalue weighted by molar-refractivity contribution is 0.401. The molecular weight excluding hydrogens is 271 g/mol. The smallest absolute Gasteiger partial charge is 0.262 e. The Morgan fingerprint density at radius 3 is 2.62 bits per heavy atom. The molecule has 0 saturated heterocycles. The van der Waals surface area contributed by atoms with E-state index in [1.165, 1.54) is 17.1 Å². The zero-order valence-electron chi connectivity index (χ0n) is 11.6. The van der Waals surface area contributed by atoms with Crippen LogP contribution in [0.15, 0.2) is 35.1 Å². The number of halogens is 1. The first-order valence-electron chi connectivity index (χ1n) is 7.24. The SMILES string of the molecule is O=c1cc(O)nc(C2CCCCC2)n1-c1ccccc1F. The summed E-state index contributed by atoms with van der Waals surface area (Å²) in [4.78, 5) is 16.4. The molecule has 1 aliphatic carbocycles. The molecule has 1 saturated carbocycles. The Hall–Kier alpha value is -2.17. The van der Waals surface area contributed by atoms with Crippen molar-refractivity contribution in [2.24, 2.45) is 0 Å². The van der Waals surface area contributed by atoms with Crippen LogP contribution in [0.4, 0.5) is 4.39 Å². The van der Waals surface area contributed by atoms with Gasteiger partial charge in [-0.2, -0.15) is 4.98 Å². The van der Waals surface area contributed by atoms with E-state index in [1.54, 1.807) is 18.2 Å². The molecular formula is C16H17FN2O2. The molecule has 5 heteroatoms. The van der Waals surface area contributed by atoms with Crippen LogP contribution >= 0.6 is 0 Å². The average molecular weight is 288 g/mol. The first kappa shape index (κ1) is 13.8. The lowest BCUT2D eigenvalue weighted by Gasteiger charge is -2.24. The Balaban J connectivity index is 2.19. The molecule has 1 heterocycles. The van der Waals surface area contributed by atoms with Crippen LogP contribution in [0, 0.1) is 5.82 Å². The van der Waals surface area contributed by atoms with Crippen molar-refractivity contribution in [1.82, 2.24) is 9.55 Å². The van der Waals surface area contributed by atoms with Gasteiger partial charge in [0.2, 0.25) is 5.88 Å². The highest BCUT2D eigenvalue weighted by atomic mass is 19.1. The molecule has 1 fully saturated rings. The van der Waals surface area contributed by atoms with Gasteiger partial charge in [0.05, 0.1) is 11.8 Å². The summed E-state index contributed by atoms with van der Waals surface area (Å²) in [6.45, 7) is 0. The van der Waals surface area contributed by atoms with Gasteiger partial charge in [-0.1, -0.05) is 31.4 Å². The quantitative estimate of drug-likeness (QED) is 0.923. The summed E-state index contributed by atoms with van der Waals surface area (Å²) in [6.07, 6.45) is 5.11. The van der Waals surface area contributed by atoms with Crippen molar-refractivity contribution in [3.63, 3.8) is 0 Å². The van der Waals surface area contributed by atoms with Crippen molar-refractivity contribution in [2.45, 2.75) is 38.0 Å². The normalized spacial score (nSPS) is 16.0. The van der Waals surface area contributed by atoms with Gasteiger partial charge in [-0.15, -0.1) is 0 Å². The maximum Gasteiger partial charge on any atom is 0.262 e. The minimum atomic E-state index is -0.468. The fourth-order valence-electron chi connectivity index (χ4n) is 3.00. The van der Waals surface area contributed by atoms with Crippen LogP contribution in [0.3, 0.4) is 0 Å². The molecule has 1 aromatic heterocycles. The summed E-state index contributed by atoms with van der Waals surface area (Å²) in [7, 11) is 0. The lowest BCUT2D eigenvalue weighted by Crippen LogP contribution is -2.26. The van der Waals surface area contributed by atoms with Gasteiger partial charge < -0.3 is 5.11 Å². The molecule has 21 heavy (non-hydrogen) atoms. The molecule has 1 N–H and O–H groups in total. The molecule has 0 unspecified atom stereocenters. The highest BCUT2D eigenvalue weighted by Crippen LogP contribution is 2.32. The van der Waals surface area contributed by atoms with Crippen LogP contribution in [-0.4, -0.2) is 14.7 Å². The topological polar surface area (TPSA) is 55.1 Å². The summed E-state index contributed by atoms with van der Waals surface area (Å²) >= 11 is 0. The molecule has 3 rings (SSSR count). The van der Waals surface area contributed by atoms with Crippen molar-refractivity contribution in [3.8, 4) is 11.6 Å². The van der Waals surface area contributed by atoms with E-state index in [1.807, 2.05) is 0 Å². The van der Waals surface area contributed by atoms with Crippen molar-refractivity contribution < 1.29 is 9.50 Å². The van der Waals surface area contributed by atoms with Crippen LogP contribution in [-0.2, 0) is 0 Å². The second-order valence-corrected chi connectivity index (χ2v) is 5.43. The molecule has 1 aromatic carbocycles. The Bertz CT molecular complexity index is 706. The minimum absolute atomic E-state index is 0.0816. The maximum absolute atomic E-state index is 14.1. The van der Waals surface area contributed by atoms with E-state index in [0.29, 0.717) is 5.82 Å².